The zero-order chi connectivity index (χ0) is 18.9. The van der Waals surface area contributed by atoms with Gasteiger partial charge in [0.1, 0.15) is 0 Å². The van der Waals surface area contributed by atoms with E-state index in [1.54, 1.807) is 43.3 Å². The Labute approximate surface area is 156 Å². The van der Waals surface area contributed by atoms with E-state index in [9.17, 15) is 14.9 Å². The number of anilines is 1. The standard InChI is InChI=1S/C19H18ClN3O3/c1-13-8-10-15(11-9-13)17(12-22(25)26)19(20)14(2)21-23(18(19)24)16-6-4-3-5-7-16/h3-11,17H,12H2,1-2H3. The van der Waals surface area contributed by atoms with Gasteiger partial charge in [-0.15, -0.1) is 11.6 Å². The summed E-state index contributed by atoms with van der Waals surface area (Å²) < 4.78 is 0. The highest BCUT2D eigenvalue weighted by atomic mass is 35.5. The van der Waals surface area contributed by atoms with Crippen molar-refractivity contribution in [2.45, 2.75) is 24.6 Å². The van der Waals surface area contributed by atoms with Gasteiger partial charge < -0.3 is 0 Å². The highest BCUT2D eigenvalue weighted by Crippen LogP contribution is 2.42. The molecule has 1 aliphatic rings. The Morgan fingerprint density at radius 1 is 1.15 bits per heavy atom. The molecule has 0 radical (unpaired) electrons. The number of rotatable bonds is 5. The van der Waals surface area contributed by atoms with Crippen LogP contribution in [0, 0.1) is 17.0 Å². The van der Waals surface area contributed by atoms with E-state index in [1.165, 1.54) is 5.01 Å². The number of para-hydroxylation sites is 1. The van der Waals surface area contributed by atoms with E-state index in [0.717, 1.165) is 5.56 Å². The SMILES string of the molecule is CC1=NN(c2ccccc2)C(=O)C1(Cl)C(C[N+](=O)[O-])c1ccc(C)cc1. The summed E-state index contributed by atoms with van der Waals surface area (Å²) in [5.74, 6) is -1.31. The van der Waals surface area contributed by atoms with E-state index in [4.69, 9.17) is 11.6 Å². The van der Waals surface area contributed by atoms with Crippen LogP contribution in [0.5, 0.6) is 0 Å². The number of nitro groups is 1. The molecule has 1 heterocycles. The third-order valence-corrected chi connectivity index (χ3v) is 5.27. The second-order valence-electron chi connectivity index (χ2n) is 6.33. The highest BCUT2D eigenvalue weighted by molar-refractivity contribution is 6.51. The van der Waals surface area contributed by atoms with Crippen molar-refractivity contribution in [3.63, 3.8) is 0 Å². The number of carbonyl (C=O) groups is 1. The van der Waals surface area contributed by atoms with E-state index >= 15 is 0 Å². The largest absolute Gasteiger partial charge is 0.275 e. The minimum Gasteiger partial charge on any atom is -0.270 e. The molecule has 134 valence electrons. The maximum absolute atomic E-state index is 13.2. The number of aryl methyl sites for hydroxylation is 1. The van der Waals surface area contributed by atoms with Crippen LogP contribution in [-0.2, 0) is 4.79 Å². The van der Waals surface area contributed by atoms with Gasteiger partial charge in [-0.1, -0.05) is 48.0 Å². The number of halogens is 1. The molecule has 3 rings (SSSR count). The molecule has 0 saturated heterocycles. The van der Waals surface area contributed by atoms with Crippen LogP contribution in [0.25, 0.3) is 0 Å². The summed E-state index contributed by atoms with van der Waals surface area (Å²) in [5, 5.41) is 16.8. The Bertz CT molecular complexity index is 867. The third-order valence-electron chi connectivity index (χ3n) is 4.57. The predicted octanol–water partition coefficient (Wildman–Crippen LogP) is 3.76. The van der Waals surface area contributed by atoms with E-state index in [1.807, 2.05) is 25.1 Å². The van der Waals surface area contributed by atoms with Crippen molar-refractivity contribution in [3.05, 3.63) is 75.8 Å². The fourth-order valence-electron chi connectivity index (χ4n) is 3.13. The molecule has 0 bridgehead atoms. The van der Waals surface area contributed by atoms with E-state index in [0.29, 0.717) is 17.0 Å². The fraction of sp³-hybridized carbons (Fsp3) is 0.263. The first-order chi connectivity index (χ1) is 12.3. The van der Waals surface area contributed by atoms with Crippen LogP contribution in [0.2, 0.25) is 0 Å². The minimum absolute atomic E-state index is 0.348. The average molecular weight is 372 g/mol. The van der Waals surface area contributed by atoms with E-state index in [-0.39, 0.29) is 0 Å². The first-order valence-corrected chi connectivity index (χ1v) is 8.54. The lowest BCUT2D eigenvalue weighted by Crippen LogP contribution is -2.48. The number of benzene rings is 2. The summed E-state index contributed by atoms with van der Waals surface area (Å²) in [5.41, 5.74) is 2.58. The van der Waals surface area contributed by atoms with Gasteiger partial charge in [0.25, 0.3) is 5.91 Å². The zero-order valence-electron chi connectivity index (χ0n) is 14.4. The van der Waals surface area contributed by atoms with Crippen molar-refractivity contribution in [1.82, 2.24) is 0 Å². The van der Waals surface area contributed by atoms with Gasteiger partial charge in [0.15, 0.2) is 4.87 Å². The molecule has 0 N–H and O–H groups in total. The second-order valence-corrected chi connectivity index (χ2v) is 6.92. The van der Waals surface area contributed by atoms with Crippen molar-refractivity contribution < 1.29 is 9.72 Å². The molecule has 0 aliphatic carbocycles. The lowest BCUT2D eigenvalue weighted by atomic mass is 9.82. The van der Waals surface area contributed by atoms with E-state index < -0.39 is 28.2 Å². The van der Waals surface area contributed by atoms with Crippen LogP contribution in [-0.4, -0.2) is 28.0 Å². The van der Waals surface area contributed by atoms with Gasteiger partial charge in [-0.25, -0.2) is 0 Å². The molecule has 1 amide bonds. The van der Waals surface area contributed by atoms with Crippen molar-refractivity contribution >= 4 is 28.9 Å². The molecular formula is C19H18ClN3O3. The lowest BCUT2D eigenvalue weighted by molar-refractivity contribution is -0.483. The first-order valence-electron chi connectivity index (χ1n) is 8.16. The Morgan fingerprint density at radius 3 is 2.35 bits per heavy atom. The van der Waals surface area contributed by atoms with Crippen LogP contribution in [0.3, 0.4) is 0 Å². The molecule has 2 aromatic rings. The summed E-state index contributed by atoms with van der Waals surface area (Å²) in [7, 11) is 0. The first kappa shape index (κ1) is 18.1. The molecule has 2 atom stereocenters. The number of nitrogens with zero attached hydrogens (tertiary/aromatic N) is 3. The molecule has 7 heteroatoms. The highest BCUT2D eigenvalue weighted by Gasteiger charge is 2.56. The quantitative estimate of drug-likeness (QED) is 0.456. The maximum Gasteiger partial charge on any atom is 0.275 e. The second kappa shape index (κ2) is 6.88. The minimum atomic E-state index is -1.60. The van der Waals surface area contributed by atoms with Crippen LogP contribution in [0.15, 0.2) is 59.7 Å². The Kier molecular flexibility index (Phi) is 4.78. The molecule has 6 nitrogen and oxygen atoms in total. The van der Waals surface area contributed by atoms with Crippen LogP contribution < -0.4 is 5.01 Å². The Morgan fingerprint density at radius 2 is 1.77 bits per heavy atom. The summed E-state index contributed by atoms with van der Waals surface area (Å²) in [6.07, 6.45) is 0. The Balaban J connectivity index is 2.05. The third kappa shape index (κ3) is 3.08. The fourth-order valence-corrected chi connectivity index (χ4v) is 3.44. The van der Waals surface area contributed by atoms with Crippen LogP contribution in [0.1, 0.15) is 24.0 Å². The summed E-state index contributed by atoms with van der Waals surface area (Å²) in [4.78, 5) is 22.4. The Hall–Kier alpha value is -2.73. The number of amides is 1. The van der Waals surface area contributed by atoms with Crippen molar-refractivity contribution in [2.75, 3.05) is 11.6 Å². The number of hydrazone groups is 1. The van der Waals surface area contributed by atoms with Gasteiger partial charge in [0, 0.05) is 4.92 Å². The molecule has 1 aliphatic heterocycles. The number of carbonyl (C=O) groups excluding carboxylic acids is 1. The number of hydrogen-bond acceptors (Lipinski definition) is 4. The molecule has 0 fully saturated rings. The van der Waals surface area contributed by atoms with E-state index in [2.05, 4.69) is 5.10 Å². The molecule has 2 aromatic carbocycles. The molecule has 2 unspecified atom stereocenters. The summed E-state index contributed by atoms with van der Waals surface area (Å²) >= 11 is 6.77. The average Bonchev–Trinajstić information content (AvgIpc) is 2.86. The lowest BCUT2D eigenvalue weighted by Gasteiger charge is -2.28. The zero-order valence-corrected chi connectivity index (χ0v) is 15.2. The normalized spacial score (nSPS) is 20.8. The number of hydrogen-bond donors (Lipinski definition) is 0. The predicted molar refractivity (Wildman–Crippen MR) is 101 cm³/mol. The molecule has 0 saturated carbocycles. The van der Waals surface area contributed by atoms with Gasteiger partial charge in [-0.05, 0) is 31.5 Å². The molecule has 0 spiro atoms. The smallest absolute Gasteiger partial charge is 0.270 e. The molecular weight excluding hydrogens is 354 g/mol. The van der Waals surface area contributed by atoms with Crippen LogP contribution in [0.4, 0.5) is 5.69 Å². The molecule has 0 aromatic heterocycles. The van der Waals surface area contributed by atoms with Gasteiger partial charge in [0.2, 0.25) is 6.54 Å². The summed E-state index contributed by atoms with van der Waals surface area (Å²) in [6.45, 7) is 3.09. The topological polar surface area (TPSA) is 75.8 Å². The van der Waals surface area contributed by atoms with Gasteiger partial charge >= 0.3 is 0 Å². The number of alkyl halides is 1. The maximum atomic E-state index is 13.2. The van der Waals surface area contributed by atoms with Crippen molar-refractivity contribution in [3.8, 4) is 0 Å². The van der Waals surface area contributed by atoms with Crippen molar-refractivity contribution in [1.29, 1.82) is 0 Å². The van der Waals surface area contributed by atoms with Gasteiger partial charge in [0.05, 0.1) is 17.3 Å². The summed E-state index contributed by atoms with van der Waals surface area (Å²) in [6, 6.07) is 16.1. The van der Waals surface area contributed by atoms with Crippen molar-refractivity contribution in [2.24, 2.45) is 5.10 Å². The van der Waals surface area contributed by atoms with Gasteiger partial charge in [-0.2, -0.15) is 10.1 Å². The van der Waals surface area contributed by atoms with Crippen LogP contribution >= 0.6 is 11.6 Å². The van der Waals surface area contributed by atoms with Gasteiger partial charge in [-0.3, -0.25) is 14.9 Å². The monoisotopic (exact) mass is 371 g/mol. The molecule has 26 heavy (non-hydrogen) atoms.